The van der Waals surface area contributed by atoms with Crippen molar-refractivity contribution < 1.29 is 9.21 Å². The van der Waals surface area contributed by atoms with Crippen LogP contribution in [0.1, 0.15) is 32.6 Å². The number of benzene rings is 1. The highest BCUT2D eigenvalue weighted by Gasteiger charge is 2.21. The lowest BCUT2D eigenvalue weighted by Crippen LogP contribution is -2.42. The van der Waals surface area contributed by atoms with Crippen LogP contribution in [-0.2, 0) is 4.79 Å². The number of fused-ring (bicyclic) bond motifs is 1. The molecule has 106 valence electrons. The Balaban J connectivity index is 1.62. The zero-order valence-corrected chi connectivity index (χ0v) is 11.6. The number of amides is 1. The van der Waals surface area contributed by atoms with Gasteiger partial charge >= 0.3 is 0 Å². The van der Waals surface area contributed by atoms with Crippen molar-refractivity contribution in [1.82, 2.24) is 10.3 Å². The lowest BCUT2D eigenvalue weighted by atomic mass is 10.2. The summed E-state index contributed by atoms with van der Waals surface area (Å²) in [5.74, 6) is -0.000781. The highest BCUT2D eigenvalue weighted by molar-refractivity contribution is 5.84. The van der Waals surface area contributed by atoms with Crippen LogP contribution < -0.4 is 10.6 Å². The van der Waals surface area contributed by atoms with E-state index in [0.29, 0.717) is 12.1 Å². The van der Waals surface area contributed by atoms with Gasteiger partial charge in [0.15, 0.2) is 5.58 Å². The van der Waals surface area contributed by atoms with Crippen LogP contribution in [-0.4, -0.2) is 23.0 Å². The molecule has 0 unspecified atom stereocenters. The molecule has 1 heterocycles. The number of rotatable bonds is 4. The molecule has 1 aromatic carbocycles. The molecule has 1 aliphatic carbocycles. The molecule has 0 saturated heterocycles. The summed E-state index contributed by atoms with van der Waals surface area (Å²) in [4.78, 5) is 16.4. The zero-order chi connectivity index (χ0) is 13.9. The van der Waals surface area contributed by atoms with Crippen LogP contribution in [0.5, 0.6) is 0 Å². The summed E-state index contributed by atoms with van der Waals surface area (Å²) in [7, 11) is 0. The molecule has 1 aliphatic rings. The van der Waals surface area contributed by atoms with E-state index in [9.17, 15) is 4.79 Å². The van der Waals surface area contributed by atoms with Crippen LogP contribution in [0.15, 0.2) is 28.7 Å². The first kappa shape index (κ1) is 13.0. The minimum Gasteiger partial charge on any atom is -0.424 e. The van der Waals surface area contributed by atoms with E-state index in [1.54, 1.807) is 0 Å². The lowest BCUT2D eigenvalue weighted by molar-refractivity contribution is -0.122. The largest absolute Gasteiger partial charge is 0.424 e. The summed E-state index contributed by atoms with van der Waals surface area (Å²) in [6, 6.07) is 7.90. The first-order valence-electron chi connectivity index (χ1n) is 7.15. The van der Waals surface area contributed by atoms with E-state index >= 15 is 0 Å². The van der Waals surface area contributed by atoms with Gasteiger partial charge in [-0.15, -0.1) is 0 Å². The third-order valence-corrected chi connectivity index (χ3v) is 3.73. The molecule has 0 aliphatic heterocycles. The second-order valence-corrected chi connectivity index (χ2v) is 5.34. The molecule has 1 aromatic heterocycles. The smallest absolute Gasteiger partial charge is 0.296 e. The molecule has 0 bridgehead atoms. The van der Waals surface area contributed by atoms with Crippen molar-refractivity contribution in [3.63, 3.8) is 0 Å². The minimum absolute atomic E-state index is 0.000781. The fraction of sp³-hybridized carbons (Fsp3) is 0.467. The molecule has 20 heavy (non-hydrogen) atoms. The Labute approximate surface area is 117 Å². The predicted molar refractivity (Wildman–Crippen MR) is 77.5 cm³/mol. The molecule has 5 heteroatoms. The average molecular weight is 273 g/mol. The molecule has 1 fully saturated rings. The number of hydrogen-bond donors (Lipinski definition) is 2. The Morgan fingerprint density at radius 3 is 2.85 bits per heavy atom. The third-order valence-electron chi connectivity index (χ3n) is 3.73. The molecule has 1 amide bonds. The van der Waals surface area contributed by atoms with Crippen LogP contribution in [0.25, 0.3) is 11.1 Å². The van der Waals surface area contributed by atoms with E-state index in [4.69, 9.17) is 4.42 Å². The Morgan fingerprint density at radius 1 is 1.35 bits per heavy atom. The second kappa shape index (κ2) is 5.53. The summed E-state index contributed by atoms with van der Waals surface area (Å²) < 4.78 is 5.56. The van der Waals surface area contributed by atoms with Gasteiger partial charge < -0.3 is 15.1 Å². The summed E-state index contributed by atoms with van der Waals surface area (Å²) in [5, 5.41) is 6.08. The van der Waals surface area contributed by atoms with E-state index < -0.39 is 0 Å². The van der Waals surface area contributed by atoms with Crippen LogP contribution >= 0.6 is 0 Å². The van der Waals surface area contributed by atoms with Crippen molar-refractivity contribution in [3.8, 4) is 0 Å². The van der Waals surface area contributed by atoms with Crippen LogP contribution in [0.2, 0.25) is 0 Å². The molecule has 1 saturated carbocycles. The van der Waals surface area contributed by atoms with Gasteiger partial charge in [0.2, 0.25) is 5.91 Å². The summed E-state index contributed by atoms with van der Waals surface area (Å²) in [6.45, 7) is 1.82. The molecular weight excluding hydrogens is 254 g/mol. The quantitative estimate of drug-likeness (QED) is 0.898. The second-order valence-electron chi connectivity index (χ2n) is 5.34. The molecule has 2 aromatic rings. The van der Waals surface area contributed by atoms with Crippen molar-refractivity contribution in [1.29, 1.82) is 0 Å². The highest BCUT2D eigenvalue weighted by Crippen LogP contribution is 2.20. The number of nitrogens with one attached hydrogen (secondary N) is 2. The number of hydrogen-bond acceptors (Lipinski definition) is 4. The summed E-state index contributed by atoms with van der Waals surface area (Å²) >= 11 is 0. The van der Waals surface area contributed by atoms with Crippen molar-refractivity contribution >= 4 is 23.0 Å². The molecular formula is C15H19N3O2. The SMILES string of the molecule is C[C@H](Nc1nc2ccccc2o1)C(=O)NC1CCCC1. The highest BCUT2D eigenvalue weighted by atomic mass is 16.4. The topological polar surface area (TPSA) is 67.2 Å². The number of anilines is 1. The van der Waals surface area contributed by atoms with E-state index in [1.807, 2.05) is 31.2 Å². The Kier molecular flexibility index (Phi) is 3.58. The van der Waals surface area contributed by atoms with Crippen molar-refractivity contribution in [2.75, 3.05) is 5.32 Å². The monoisotopic (exact) mass is 273 g/mol. The van der Waals surface area contributed by atoms with Gasteiger partial charge in [0.05, 0.1) is 0 Å². The zero-order valence-electron chi connectivity index (χ0n) is 11.6. The Morgan fingerprint density at radius 2 is 2.10 bits per heavy atom. The minimum atomic E-state index is -0.358. The van der Waals surface area contributed by atoms with E-state index in [1.165, 1.54) is 12.8 Å². The number of para-hydroxylation sites is 2. The average Bonchev–Trinajstić information content (AvgIpc) is 3.06. The molecule has 0 radical (unpaired) electrons. The predicted octanol–water partition coefficient (Wildman–Crippen LogP) is 2.69. The van der Waals surface area contributed by atoms with Gasteiger partial charge in [0, 0.05) is 6.04 Å². The Bertz CT molecular complexity index is 569. The van der Waals surface area contributed by atoms with E-state index in [-0.39, 0.29) is 11.9 Å². The first-order valence-corrected chi connectivity index (χ1v) is 7.15. The van der Waals surface area contributed by atoms with Crippen LogP contribution in [0.3, 0.4) is 0 Å². The molecule has 3 rings (SSSR count). The Hall–Kier alpha value is -2.04. The summed E-state index contributed by atoms with van der Waals surface area (Å²) in [5.41, 5.74) is 1.51. The van der Waals surface area contributed by atoms with Gasteiger partial charge in [-0.05, 0) is 31.9 Å². The third kappa shape index (κ3) is 2.76. The van der Waals surface area contributed by atoms with E-state index in [2.05, 4.69) is 15.6 Å². The molecule has 1 atom stereocenters. The van der Waals surface area contributed by atoms with Gasteiger partial charge in [-0.3, -0.25) is 4.79 Å². The number of carbonyl (C=O) groups is 1. The van der Waals surface area contributed by atoms with Gasteiger partial charge in [0.25, 0.3) is 6.01 Å². The number of aromatic nitrogens is 1. The number of nitrogens with zero attached hydrogens (tertiary/aromatic N) is 1. The van der Waals surface area contributed by atoms with Crippen LogP contribution in [0, 0.1) is 0 Å². The molecule has 0 spiro atoms. The number of carbonyl (C=O) groups excluding carboxylic acids is 1. The van der Waals surface area contributed by atoms with Gasteiger partial charge in [0.1, 0.15) is 11.6 Å². The maximum absolute atomic E-state index is 12.1. The maximum atomic E-state index is 12.1. The lowest BCUT2D eigenvalue weighted by Gasteiger charge is -2.16. The maximum Gasteiger partial charge on any atom is 0.296 e. The van der Waals surface area contributed by atoms with Gasteiger partial charge in [-0.25, -0.2) is 0 Å². The normalized spacial score (nSPS) is 17.2. The first-order chi connectivity index (χ1) is 9.72. The fourth-order valence-electron chi connectivity index (χ4n) is 2.58. The fourth-order valence-corrected chi connectivity index (χ4v) is 2.58. The standard InChI is InChI=1S/C15H19N3O2/c1-10(14(19)17-11-6-2-3-7-11)16-15-18-12-8-4-5-9-13(12)20-15/h4-5,8-11H,2-3,6-7H2,1H3,(H,16,18)(H,17,19)/t10-/m0/s1. The van der Waals surface area contributed by atoms with Crippen molar-refractivity contribution in [3.05, 3.63) is 24.3 Å². The summed E-state index contributed by atoms with van der Waals surface area (Å²) in [6.07, 6.45) is 4.58. The number of oxazole rings is 1. The van der Waals surface area contributed by atoms with Gasteiger partial charge in [-0.1, -0.05) is 25.0 Å². The van der Waals surface area contributed by atoms with E-state index in [0.717, 1.165) is 23.9 Å². The van der Waals surface area contributed by atoms with Crippen molar-refractivity contribution in [2.24, 2.45) is 0 Å². The van der Waals surface area contributed by atoms with Crippen LogP contribution in [0.4, 0.5) is 6.01 Å². The molecule has 5 nitrogen and oxygen atoms in total. The van der Waals surface area contributed by atoms with Crippen molar-refractivity contribution in [2.45, 2.75) is 44.7 Å². The van der Waals surface area contributed by atoms with Gasteiger partial charge in [-0.2, -0.15) is 4.98 Å². The molecule has 2 N–H and O–H groups in total.